The molecule has 1 fully saturated rings. The maximum atomic E-state index is 9.43. The Hall–Kier alpha value is -1.55. The van der Waals surface area contributed by atoms with Crippen LogP contribution in [0.5, 0.6) is 0 Å². The van der Waals surface area contributed by atoms with Gasteiger partial charge in [-0.25, -0.2) is 0 Å². The van der Waals surface area contributed by atoms with Crippen molar-refractivity contribution in [1.82, 2.24) is 10.2 Å². The van der Waals surface area contributed by atoms with Gasteiger partial charge >= 0.3 is 0 Å². The van der Waals surface area contributed by atoms with Crippen molar-refractivity contribution < 1.29 is 5.11 Å². The smallest absolute Gasteiger partial charge is 0.0670 e. The second-order valence-electron chi connectivity index (χ2n) is 5.54. The SMILES string of the molecule is OCC1CCCCC1CNc1ccc2cn[nH]c2c1. The van der Waals surface area contributed by atoms with E-state index in [2.05, 4.69) is 33.7 Å². The summed E-state index contributed by atoms with van der Waals surface area (Å²) in [6.45, 7) is 1.27. The third-order valence-corrected chi connectivity index (χ3v) is 4.31. The van der Waals surface area contributed by atoms with Crippen LogP contribution in [-0.4, -0.2) is 28.5 Å². The number of nitrogens with zero attached hydrogens (tertiary/aromatic N) is 1. The molecule has 2 aromatic rings. The van der Waals surface area contributed by atoms with Crippen LogP contribution in [0.3, 0.4) is 0 Å². The summed E-state index contributed by atoms with van der Waals surface area (Å²) in [4.78, 5) is 0. The molecular formula is C15H21N3O. The Labute approximate surface area is 113 Å². The average Bonchev–Trinajstić information content (AvgIpc) is 2.93. The number of hydrogen-bond donors (Lipinski definition) is 3. The molecule has 19 heavy (non-hydrogen) atoms. The molecule has 0 amide bonds. The lowest BCUT2D eigenvalue weighted by Crippen LogP contribution is -2.28. The Morgan fingerprint density at radius 3 is 2.95 bits per heavy atom. The minimum Gasteiger partial charge on any atom is -0.396 e. The zero-order chi connectivity index (χ0) is 13.1. The predicted molar refractivity (Wildman–Crippen MR) is 77.1 cm³/mol. The molecule has 4 heteroatoms. The van der Waals surface area contributed by atoms with Gasteiger partial charge in [0.2, 0.25) is 0 Å². The lowest BCUT2D eigenvalue weighted by molar-refractivity contribution is 0.141. The van der Waals surface area contributed by atoms with Crippen molar-refractivity contribution in [2.24, 2.45) is 11.8 Å². The van der Waals surface area contributed by atoms with E-state index in [1.165, 1.54) is 25.7 Å². The van der Waals surface area contributed by atoms with Crippen molar-refractivity contribution in [2.75, 3.05) is 18.5 Å². The summed E-state index contributed by atoms with van der Waals surface area (Å²) in [5.41, 5.74) is 2.19. The number of rotatable bonds is 4. The zero-order valence-electron chi connectivity index (χ0n) is 11.1. The number of H-pyrrole nitrogens is 1. The first kappa shape index (κ1) is 12.5. The fraction of sp³-hybridized carbons (Fsp3) is 0.533. The van der Waals surface area contributed by atoms with E-state index >= 15 is 0 Å². The molecule has 1 aliphatic carbocycles. The van der Waals surface area contributed by atoms with Crippen LogP contribution >= 0.6 is 0 Å². The highest BCUT2D eigenvalue weighted by Crippen LogP contribution is 2.30. The molecule has 1 heterocycles. The standard InChI is InChI=1S/C15H21N3O/c19-10-13-4-2-1-3-11(13)8-16-14-6-5-12-9-17-18-15(12)7-14/h5-7,9,11,13,16,19H,1-4,8,10H2,(H,17,18). The van der Waals surface area contributed by atoms with E-state index < -0.39 is 0 Å². The van der Waals surface area contributed by atoms with Gasteiger partial charge in [-0.15, -0.1) is 0 Å². The fourth-order valence-electron chi connectivity index (χ4n) is 3.09. The number of aromatic nitrogens is 2. The van der Waals surface area contributed by atoms with E-state index in [-0.39, 0.29) is 0 Å². The normalized spacial score (nSPS) is 23.6. The van der Waals surface area contributed by atoms with Crippen molar-refractivity contribution in [1.29, 1.82) is 0 Å². The molecule has 3 rings (SSSR count). The molecule has 0 radical (unpaired) electrons. The van der Waals surface area contributed by atoms with E-state index in [9.17, 15) is 5.11 Å². The van der Waals surface area contributed by atoms with Gasteiger partial charge < -0.3 is 10.4 Å². The van der Waals surface area contributed by atoms with Gasteiger partial charge in [-0.3, -0.25) is 5.10 Å². The molecule has 0 bridgehead atoms. The minimum absolute atomic E-state index is 0.325. The third kappa shape index (κ3) is 2.73. The minimum atomic E-state index is 0.325. The molecule has 2 unspecified atom stereocenters. The molecular weight excluding hydrogens is 238 g/mol. The Kier molecular flexibility index (Phi) is 3.69. The molecule has 1 aromatic carbocycles. The summed E-state index contributed by atoms with van der Waals surface area (Å²) in [6.07, 6.45) is 6.79. The number of benzene rings is 1. The summed E-state index contributed by atoms with van der Waals surface area (Å²) in [5, 5.41) is 21.1. The van der Waals surface area contributed by atoms with Gasteiger partial charge in [0, 0.05) is 24.2 Å². The number of hydrogen-bond acceptors (Lipinski definition) is 3. The van der Waals surface area contributed by atoms with Crippen LogP contribution in [0.25, 0.3) is 10.9 Å². The van der Waals surface area contributed by atoms with Crippen LogP contribution in [0, 0.1) is 11.8 Å². The van der Waals surface area contributed by atoms with Crippen LogP contribution < -0.4 is 5.32 Å². The quantitative estimate of drug-likeness (QED) is 0.791. The van der Waals surface area contributed by atoms with Gasteiger partial charge in [0.25, 0.3) is 0 Å². The molecule has 4 nitrogen and oxygen atoms in total. The number of fused-ring (bicyclic) bond motifs is 1. The lowest BCUT2D eigenvalue weighted by atomic mass is 9.79. The van der Waals surface area contributed by atoms with Gasteiger partial charge in [-0.05, 0) is 42.9 Å². The molecule has 1 aromatic heterocycles. The van der Waals surface area contributed by atoms with Crippen LogP contribution in [0.1, 0.15) is 25.7 Å². The highest BCUT2D eigenvalue weighted by Gasteiger charge is 2.23. The first-order valence-corrected chi connectivity index (χ1v) is 7.14. The molecule has 102 valence electrons. The second kappa shape index (κ2) is 5.61. The fourth-order valence-corrected chi connectivity index (χ4v) is 3.09. The summed E-state index contributed by atoms with van der Waals surface area (Å²) in [6, 6.07) is 6.26. The maximum Gasteiger partial charge on any atom is 0.0670 e. The third-order valence-electron chi connectivity index (χ3n) is 4.31. The van der Waals surface area contributed by atoms with Crippen LogP contribution in [-0.2, 0) is 0 Å². The van der Waals surface area contributed by atoms with Crippen LogP contribution in [0.4, 0.5) is 5.69 Å². The molecule has 0 saturated heterocycles. The van der Waals surface area contributed by atoms with Crippen molar-refractivity contribution >= 4 is 16.6 Å². The number of aromatic amines is 1. The predicted octanol–water partition coefficient (Wildman–Crippen LogP) is 2.77. The molecule has 1 aliphatic rings. The Balaban J connectivity index is 1.64. The van der Waals surface area contributed by atoms with Crippen molar-refractivity contribution in [3.63, 3.8) is 0 Å². The average molecular weight is 259 g/mol. The van der Waals surface area contributed by atoms with Crippen LogP contribution in [0.15, 0.2) is 24.4 Å². The van der Waals surface area contributed by atoms with E-state index in [1.807, 2.05) is 6.20 Å². The molecule has 3 N–H and O–H groups in total. The molecule has 0 spiro atoms. The van der Waals surface area contributed by atoms with Crippen molar-refractivity contribution in [3.05, 3.63) is 24.4 Å². The van der Waals surface area contributed by atoms with Gasteiger partial charge in [-0.2, -0.15) is 5.10 Å². The number of anilines is 1. The molecule has 0 aliphatic heterocycles. The van der Waals surface area contributed by atoms with Crippen LogP contribution in [0.2, 0.25) is 0 Å². The van der Waals surface area contributed by atoms with Gasteiger partial charge in [0.05, 0.1) is 11.7 Å². The highest BCUT2D eigenvalue weighted by molar-refractivity contribution is 5.81. The van der Waals surface area contributed by atoms with Gasteiger partial charge in [0.15, 0.2) is 0 Å². The molecule has 2 atom stereocenters. The van der Waals surface area contributed by atoms with Gasteiger partial charge in [0.1, 0.15) is 0 Å². The highest BCUT2D eigenvalue weighted by atomic mass is 16.3. The second-order valence-corrected chi connectivity index (χ2v) is 5.54. The number of nitrogens with one attached hydrogen (secondary N) is 2. The van der Waals surface area contributed by atoms with E-state index in [4.69, 9.17) is 0 Å². The largest absolute Gasteiger partial charge is 0.396 e. The van der Waals surface area contributed by atoms with Crippen molar-refractivity contribution in [3.8, 4) is 0 Å². The van der Waals surface area contributed by atoms with E-state index in [0.717, 1.165) is 23.1 Å². The van der Waals surface area contributed by atoms with Gasteiger partial charge in [-0.1, -0.05) is 12.8 Å². The Morgan fingerprint density at radius 2 is 2.11 bits per heavy atom. The Morgan fingerprint density at radius 1 is 1.26 bits per heavy atom. The maximum absolute atomic E-state index is 9.43. The summed E-state index contributed by atoms with van der Waals surface area (Å²) in [7, 11) is 0. The summed E-state index contributed by atoms with van der Waals surface area (Å²) >= 11 is 0. The summed E-state index contributed by atoms with van der Waals surface area (Å²) in [5.74, 6) is 1.06. The van der Waals surface area contributed by atoms with E-state index in [0.29, 0.717) is 18.4 Å². The Bertz CT molecular complexity index is 537. The first-order valence-electron chi connectivity index (χ1n) is 7.14. The first-order chi connectivity index (χ1) is 9.36. The number of aliphatic hydroxyl groups is 1. The monoisotopic (exact) mass is 259 g/mol. The number of aliphatic hydroxyl groups excluding tert-OH is 1. The van der Waals surface area contributed by atoms with Crippen molar-refractivity contribution in [2.45, 2.75) is 25.7 Å². The molecule has 1 saturated carbocycles. The summed E-state index contributed by atoms with van der Waals surface area (Å²) < 4.78 is 0. The topological polar surface area (TPSA) is 60.9 Å². The van der Waals surface area contributed by atoms with E-state index in [1.54, 1.807) is 0 Å². The lowest BCUT2D eigenvalue weighted by Gasteiger charge is -2.30. The zero-order valence-corrected chi connectivity index (χ0v) is 11.1.